The van der Waals surface area contributed by atoms with Gasteiger partial charge in [0.05, 0.1) is 5.52 Å². The van der Waals surface area contributed by atoms with Gasteiger partial charge in [0.1, 0.15) is 5.00 Å². The van der Waals surface area contributed by atoms with Crippen molar-refractivity contribution in [1.82, 2.24) is 9.36 Å². The van der Waals surface area contributed by atoms with Crippen LogP contribution in [-0.4, -0.2) is 35.5 Å². The molecule has 0 aliphatic carbocycles. The normalized spacial score (nSPS) is 16.0. The summed E-state index contributed by atoms with van der Waals surface area (Å²) in [4.78, 5) is 9.21. The molecule has 0 amide bonds. The zero-order valence-corrected chi connectivity index (χ0v) is 12.5. The van der Waals surface area contributed by atoms with Crippen LogP contribution in [-0.2, 0) is 0 Å². The molecule has 4 rings (SSSR count). The molecule has 1 aromatic carbocycles. The molecule has 1 fully saturated rings. The van der Waals surface area contributed by atoms with E-state index in [9.17, 15) is 0 Å². The highest BCUT2D eigenvalue weighted by Gasteiger charge is 2.21. The maximum atomic E-state index is 4.54. The van der Waals surface area contributed by atoms with Gasteiger partial charge in [-0.1, -0.05) is 12.1 Å². The zero-order chi connectivity index (χ0) is 13.4. The van der Waals surface area contributed by atoms with Crippen LogP contribution in [0.15, 0.2) is 35.8 Å². The van der Waals surface area contributed by atoms with Crippen molar-refractivity contribution < 1.29 is 0 Å². The smallest absolute Gasteiger partial charge is 0.185 e. The van der Waals surface area contributed by atoms with Gasteiger partial charge in [0.25, 0.3) is 0 Å². The number of fused-ring (bicyclic) bond motifs is 1. The molecule has 102 valence electrons. The van der Waals surface area contributed by atoms with Crippen LogP contribution >= 0.6 is 22.9 Å². The van der Waals surface area contributed by atoms with Crippen LogP contribution in [0.5, 0.6) is 0 Å². The van der Waals surface area contributed by atoms with E-state index in [0.29, 0.717) is 0 Å². The quantitative estimate of drug-likeness (QED) is 0.728. The number of rotatable bonds is 2. The fourth-order valence-electron chi connectivity index (χ4n) is 2.58. The summed E-state index contributed by atoms with van der Waals surface area (Å²) in [6, 6.07) is 8.39. The molecule has 6 heteroatoms. The minimum atomic E-state index is 1.03. The van der Waals surface area contributed by atoms with Crippen molar-refractivity contribution in [3.63, 3.8) is 0 Å². The van der Waals surface area contributed by atoms with Crippen LogP contribution in [0.4, 0.5) is 10.1 Å². The van der Waals surface area contributed by atoms with Gasteiger partial charge in [-0.3, -0.25) is 0 Å². The highest BCUT2D eigenvalue weighted by Crippen LogP contribution is 2.32. The van der Waals surface area contributed by atoms with Crippen molar-refractivity contribution >= 4 is 43.9 Å². The monoisotopic (exact) mass is 302 g/mol. The summed E-state index contributed by atoms with van der Waals surface area (Å²) in [6.07, 6.45) is 1.88. The Hall–Kier alpha value is -1.66. The van der Waals surface area contributed by atoms with E-state index in [-0.39, 0.29) is 0 Å². The van der Waals surface area contributed by atoms with Crippen molar-refractivity contribution in [1.29, 1.82) is 0 Å². The van der Waals surface area contributed by atoms with Crippen molar-refractivity contribution in [3.8, 4) is 0 Å². The minimum Gasteiger partial charge on any atom is -0.358 e. The van der Waals surface area contributed by atoms with E-state index < -0.39 is 0 Å². The highest BCUT2D eigenvalue weighted by molar-refractivity contribution is 7.13. The fraction of sp³-hybridized carbons (Fsp3) is 0.286. The van der Waals surface area contributed by atoms with Crippen LogP contribution in [0.2, 0.25) is 0 Å². The molecule has 0 N–H and O–H groups in total. The molecule has 0 radical (unpaired) electrons. The van der Waals surface area contributed by atoms with Crippen LogP contribution in [0.1, 0.15) is 0 Å². The second-order valence-electron chi connectivity index (χ2n) is 4.79. The van der Waals surface area contributed by atoms with E-state index in [4.69, 9.17) is 0 Å². The number of hydrogen-bond acceptors (Lipinski definition) is 6. The summed E-state index contributed by atoms with van der Waals surface area (Å²) >= 11 is 3.33. The lowest BCUT2D eigenvalue weighted by molar-refractivity contribution is 0.657. The lowest BCUT2D eigenvalue weighted by Gasteiger charge is -2.35. The third-order valence-electron chi connectivity index (χ3n) is 3.62. The molecule has 3 heterocycles. The predicted molar refractivity (Wildman–Crippen MR) is 86.2 cm³/mol. The molecule has 20 heavy (non-hydrogen) atoms. The van der Waals surface area contributed by atoms with Crippen LogP contribution in [0.3, 0.4) is 0 Å². The van der Waals surface area contributed by atoms with Gasteiger partial charge < -0.3 is 9.80 Å². The first-order chi connectivity index (χ1) is 9.92. The topological polar surface area (TPSA) is 32.3 Å². The van der Waals surface area contributed by atoms with Gasteiger partial charge in [-0.15, -0.1) is 11.3 Å². The number of nitrogens with zero attached hydrogens (tertiary/aromatic N) is 4. The number of thiazole rings is 1. The van der Waals surface area contributed by atoms with Gasteiger partial charge in [-0.25, -0.2) is 4.98 Å². The fourth-order valence-corrected chi connectivity index (χ4v) is 4.19. The number of anilines is 2. The van der Waals surface area contributed by atoms with Crippen LogP contribution in [0.25, 0.3) is 10.9 Å². The number of hydrogen-bond donors (Lipinski definition) is 0. The number of piperazine rings is 1. The van der Waals surface area contributed by atoms with Gasteiger partial charge in [-0.2, -0.15) is 4.37 Å². The van der Waals surface area contributed by atoms with E-state index in [1.54, 1.807) is 22.9 Å². The molecule has 0 unspecified atom stereocenters. The molecule has 1 saturated heterocycles. The molecule has 1 aliphatic heterocycles. The lowest BCUT2D eigenvalue weighted by Crippen LogP contribution is -2.46. The molecular weight excluding hydrogens is 288 g/mol. The third-order valence-corrected chi connectivity index (χ3v) is 5.39. The lowest BCUT2D eigenvalue weighted by atomic mass is 10.2. The van der Waals surface area contributed by atoms with Gasteiger partial charge in [-0.05, 0) is 23.7 Å². The highest BCUT2D eigenvalue weighted by atomic mass is 32.1. The molecule has 2 aromatic heterocycles. The summed E-state index contributed by atoms with van der Waals surface area (Å²) in [6.45, 7) is 4.12. The number of aromatic nitrogens is 2. The standard InChI is InChI=1S/C14H14N4S2/c1-2-4-12-11(3-1)13(20-16-12)17-6-8-18(9-7-17)14-15-5-10-19-14/h1-5,10H,6-9H2. The summed E-state index contributed by atoms with van der Waals surface area (Å²) in [7, 11) is 0. The summed E-state index contributed by atoms with van der Waals surface area (Å²) in [5.74, 6) is 0. The molecule has 0 atom stereocenters. The zero-order valence-electron chi connectivity index (χ0n) is 10.9. The first-order valence-corrected chi connectivity index (χ1v) is 8.31. The summed E-state index contributed by atoms with van der Waals surface area (Å²) in [5.41, 5.74) is 1.11. The van der Waals surface area contributed by atoms with Gasteiger partial charge in [0.2, 0.25) is 0 Å². The molecular formula is C14H14N4S2. The Bertz CT molecular complexity index is 699. The third kappa shape index (κ3) is 2.05. The molecule has 0 bridgehead atoms. The van der Waals surface area contributed by atoms with Crippen molar-refractivity contribution in [2.45, 2.75) is 0 Å². The SMILES string of the molecule is c1ccc2c(N3CCN(c4nccs4)CC3)snc2c1. The molecule has 1 aliphatic rings. The largest absolute Gasteiger partial charge is 0.358 e. The molecule has 0 spiro atoms. The van der Waals surface area contributed by atoms with E-state index in [2.05, 4.69) is 37.4 Å². The van der Waals surface area contributed by atoms with Crippen molar-refractivity contribution in [2.24, 2.45) is 0 Å². The molecule has 0 saturated carbocycles. The van der Waals surface area contributed by atoms with Crippen molar-refractivity contribution in [2.75, 3.05) is 36.0 Å². The van der Waals surface area contributed by atoms with Crippen LogP contribution in [0, 0.1) is 0 Å². The first-order valence-electron chi connectivity index (χ1n) is 6.65. The Morgan fingerprint density at radius 2 is 1.80 bits per heavy atom. The summed E-state index contributed by atoms with van der Waals surface area (Å²) in [5, 5.41) is 5.76. The predicted octanol–water partition coefficient (Wildman–Crippen LogP) is 3.08. The Morgan fingerprint density at radius 1 is 1.00 bits per heavy atom. The average Bonchev–Trinajstić information content (AvgIpc) is 3.17. The van der Waals surface area contributed by atoms with Crippen LogP contribution < -0.4 is 9.80 Å². The van der Waals surface area contributed by atoms with E-state index in [0.717, 1.165) is 36.8 Å². The Morgan fingerprint density at radius 3 is 2.60 bits per heavy atom. The van der Waals surface area contributed by atoms with E-state index >= 15 is 0 Å². The first kappa shape index (κ1) is 12.1. The van der Waals surface area contributed by atoms with Gasteiger partial charge in [0, 0.05) is 43.1 Å². The Balaban J connectivity index is 1.54. The maximum Gasteiger partial charge on any atom is 0.185 e. The van der Waals surface area contributed by atoms with E-state index in [1.165, 1.54) is 10.4 Å². The Labute approximate surface area is 125 Å². The van der Waals surface area contributed by atoms with Gasteiger partial charge >= 0.3 is 0 Å². The second-order valence-corrected chi connectivity index (χ2v) is 6.42. The average molecular weight is 302 g/mol. The molecule has 3 aromatic rings. The molecule has 4 nitrogen and oxygen atoms in total. The minimum absolute atomic E-state index is 1.03. The summed E-state index contributed by atoms with van der Waals surface area (Å²) < 4.78 is 4.54. The second kappa shape index (κ2) is 5.03. The van der Waals surface area contributed by atoms with E-state index in [1.807, 2.05) is 17.6 Å². The Kier molecular flexibility index (Phi) is 3.05. The van der Waals surface area contributed by atoms with Gasteiger partial charge in [0.15, 0.2) is 5.13 Å². The maximum absolute atomic E-state index is 4.54. The van der Waals surface area contributed by atoms with Crippen molar-refractivity contribution in [3.05, 3.63) is 35.8 Å². The number of benzene rings is 1.